The van der Waals surface area contributed by atoms with Crippen molar-refractivity contribution in [1.29, 1.82) is 0 Å². The summed E-state index contributed by atoms with van der Waals surface area (Å²) >= 11 is 0. The Labute approximate surface area is 118 Å². The number of halogens is 1. The van der Waals surface area contributed by atoms with Gasteiger partial charge in [-0.05, 0) is 17.3 Å². The van der Waals surface area contributed by atoms with Crippen LogP contribution < -0.4 is 5.73 Å². The lowest BCUT2D eigenvalue weighted by Gasteiger charge is -2.43. The molecule has 18 heavy (non-hydrogen) atoms. The fourth-order valence-electron chi connectivity index (χ4n) is 2.23. The summed E-state index contributed by atoms with van der Waals surface area (Å²) in [5.74, 6) is 0.289. The average Bonchev–Trinajstić information content (AvgIpc) is 2.21. The zero-order chi connectivity index (χ0) is 13.3. The first-order chi connectivity index (χ1) is 7.68. The topological polar surface area (TPSA) is 46.3 Å². The van der Waals surface area contributed by atoms with E-state index >= 15 is 0 Å². The van der Waals surface area contributed by atoms with Crippen molar-refractivity contribution < 1.29 is 4.79 Å². The molecule has 0 radical (unpaired) electrons. The summed E-state index contributed by atoms with van der Waals surface area (Å²) in [6.45, 7) is 12.4. The van der Waals surface area contributed by atoms with E-state index in [1.54, 1.807) is 0 Å². The van der Waals surface area contributed by atoms with Gasteiger partial charge in [0.25, 0.3) is 0 Å². The van der Waals surface area contributed by atoms with E-state index < -0.39 is 0 Å². The maximum Gasteiger partial charge on any atom is 0.223 e. The molecule has 0 aromatic carbocycles. The molecule has 4 heteroatoms. The smallest absolute Gasteiger partial charge is 0.223 e. The predicted octanol–water partition coefficient (Wildman–Crippen LogP) is 2.82. The van der Waals surface area contributed by atoms with Crippen LogP contribution in [0.4, 0.5) is 0 Å². The van der Waals surface area contributed by atoms with Crippen LogP contribution in [0.5, 0.6) is 0 Å². The molecule has 1 aliphatic rings. The zero-order valence-corrected chi connectivity index (χ0v) is 13.3. The number of amides is 1. The van der Waals surface area contributed by atoms with Gasteiger partial charge in [-0.1, -0.05) is 41.0 Å². The number of hydrogen-bond acceptors (Lipinski definition) is 2. The molecular weight excluding hydrogens is 248 g/mol. The van der Waals surface area contributed by atoms with E-state index in [9.17, 15) is 4.79 Å². The molecule has 1 fully saturated rings. The number of piperidine rings is 1. The number of hydrogen-bond donors (Lipinski definition) is 1. The Morgan fingerprint density at radius 3 is 2.44 bits per heavy atom. The second-order valence-corrected chi connectivity index (χ2v) is 6.89. The largest absolute Gasteiger partial charge is 0.342 e. The second-order valence-electron chi connectivity index (χ2n) is 6.89. The fourth-order valence-corrected chi connectivity index (χ4v) is 2.23. The minimum atomic E-state index is 0. The van der Waals surface area contributed by atoms with Crippen molar-refractivity contribution in [2.45, 2.75) is 59.9 Å². The fraction of sp³-hybridized carbons (Fsp3) is 0.929. The molecule has 0 aromatic rings. The SMILES string of the molecule is CCC(C)(C)CC(=O)N1CCC(N)C(C)(C)C1.Cl. The molecule has 0 aliphatic carbocycles. The van der Waals surface area contributed by atoms with E-state index in [2.05, 4.69) is 34.6 Å². The Hall–Kier alpha value is -0.280. The highest BCUT2D eigenvalue weighted by atomic mass is 35.5. The maximum absolute atomic E-state index is 12.3. The van der Waals surface area contributed by atoms with Crippen molar-refractivity contribution >= 4 is 18.3 Å². The van der Waals surface area contributed by atoms with Gasteiger partial charge in [0, 0.05) is 25.6 Å². The van der Waals surface area contributed by atoms with Crippen LogP contribution in [0.2, 0.25) is 0 Å². The molecule has 1 rings (SSSR count). The van der Waals surface area contributed by atoms with Crippen molar-refractivity contribution in [3.8, 4) is 0 Å². The number of likely N-dealkylation sites (tertiary alicyclic amines) is 1. The van der Waals surface area contributed by atoms with Gasteiger partial charge in [0.15, 0.2) is 0 Å². The molecule has 0 spiro atoms. The molecule has 1 atom stereocenters. The first kappa shape index (κ1) is 17.7. The Morgan fingerprint density at radius 2 is 2.00 bits per heavy atom. The van der Waals surface area contributed by atoms with Crippen LogP contribution in [0.3, 0.4) is 0 Å². The second kappa shape index (κ2) is 6.25. The molecule has 0 saturated carbocycles. The predicted molar refractivity (Wildman–Crippen MR) is 78.9 cm³/mol. The van der Waals surface area contributed by atoms with Gasteiger partial charge in [0.05, 0.1) is 0 Å². The summed E-state index contributed by atoms with van der Waals surface area (Å²) in [4.78, 5) is 14.3. The maximum atomic E-state index is 12.3. The number of rotatable bonds is 3. The van der Waals surface area contributed by atoms with Gasteiger partial charge in [0.2, 0.25) is 5.91 Å². The van der Waals surface area contributed by atoms with E-state index in [0.29, 0.717) is 6.42 Å². The van der Waals surface area contributed by atoms with Gasteiger partial charge in [-0.15, -0.1) is 12.4 Å². The van der Waals surface area contributed by atoms with Crippen molar-refractivity contribution in [2.75, 3.05) is 13.1 Å². The first-order valence-electron chi connectivity index (χ1n) is 6.71. The Morgan fingerprint density at radius 1 is 1.44 bits per heavy atom. The molecule has 1 amide bonds. The normalized spacial score (nSPS) is 23.4. The van der Waals surface area contributed by atoms with E-state index in [4.69, 9.17) is 5.73 Å². The summed E-state index contributed by atoms with van der Waals surface area (Å²) in [6, 6.07) is 0.214. The third-order valence-corrected chi connectivity index (χ3v) is 4.25. The van der Waals surface area contributed by atoms with Crippen LogP contribution in [0.1, 0.15) is 53.9 Å². The molecule has 1 saturated heterocycles. The standard InChI is InChI=1S/C14H28N2O.ClH/c1-6-13(2,3)9-12(17)16-8-7-11(15)14(4,5)10-16;/h11H,6-10,15H2,1-5H3;1H. The summed E-state index contributed by atoms with van der Waals surface area (Å²) in [5, 5.41) is 0. The lowest BCUT2D eigenvalue weighted by molar-refractivity contribution is -0.136. The average molecular weight is 277 g/mol. The minimum Gasteiger partial charge on any atom is -0.342 e. The molecular formula is C14H29ClN2O. The molecule has 1 heterocycles. The lowest BCUT2D eigenvalue weighted by Crippen LogP contribution is -2.54. The van der Waals surface area contributed by atoms with Crippen molar-refractivity contribution in [1.82, 2.24) is 4.90 Å². The van der Waals surface area contributed by atoms with E-state index in [-0.39, 0.29) is 35.2 Å². The molecule has 1 unspecified atom stereocenters. The van der Waals surface area contributed by atoms with Gasteiger partial charge < -0.3 is 10.6 Å². The van der Waals surface area contributed by atoms with Crippen molar-refractivity contribution in [3.05, 3.63) is 0 Å². The summed E-state index contributed by atoms with van der Waals surface area (Å²) in [6.07, 6.45) is 2.61. The van der Waals surface area contributed by atoms with Crippen LogP contribution in [-0.2, 0) is 4.79 Å². The van der Waals surface area contributed by atoms with Gasteiger partial charge in [0.1, 0.15) is 0 Å². The van der Waals surface area contributed by atoms with Crippen molar-refractivity contribution in [2.24, 2.45) is 16.6 Å². The highest BCUT2D eigenvalue weighted by Crippen LogP contribution is 2.30. The summed E-state index contributed by atoms with van der Waals surface area (Å²) < 4.78 is 0. The van der Waals surface area contributed by atoms with E-state index in [1.165, 1.54) is 0 Å². The quantitative estimate of drug-likeness (QED) is 0.862. The minimum absolute atomic E-state index is 0. The Bertz CT molecular complexity index is 290. The highest BCUT2D eigenvalue weighted by Gasteiger charge is 2.36. The third-order valence-electron chi connectivity index (χ3n) is 4.25. The van der Waals surface area contributed by atoms with Gasteiger partial charge >= 0.3 is 0 Å². The molecule has 2 N–H and O–H groups in total. The molecule has 108 valence electrons. The van der Waals surface area contributed by atoms with Gasteiger partial charge in [-0.3, -0.25) is 4.79 Å². The Balaban J connectivity index is 0.00000289. The number of carbonyl (C=O) groups excluding carboxylic acids is 1. The molecule has 3 nitrogen and oxygen atoms in total. The summed E-state index contributed by atoms with van der Waals surface area (Å²) in [5.41, 5.74) is 6.25. The van der Waals surface area contributed by atoms with Gasteiger partial charge in [-0.2, -0.15) is 0 Å². The molecule has 0 aromatic heterocycles. The first-order valence-corrected chi connectivity index (χ1v) is 6.71. The van der Waals surface area contributed by atoms with Crippen LogP contribution in [-0.4, -0.2) is 29.9 Å². The van der Waals surface area contributed by atoms with E-state index in [0.717, 1.165) is 25.9 Å². The van der Waals surface area contributed by atoms with Crippen molar-refractivity contribution in [3.63, 3.8) is 0 Å². The molecule has 1 aliphatic heterocycles. The molecule has 0 bridgehead atoms. The van der Waals surface area contributed by atoms with Crippen LogP contribution >= 0.6 is 12.4 Å². The number of carbonyl (C=O) groups is 1. The number of nitrogens with zero attached hydrogens (tertiary/aromatic N) is 1. The zero-order valence-electron chi connectivity index (χ0n) is 12.5. The third kappa shape index (κ3) is 4.43. The van der Waals surface area contributed by atoms with Crippen LogP contribution in [0.15, 0.2) is 0 Å². The van der Waals surface area contributed by atoms with Crippen LogP contribution in [0.25, 0.3) is 0 Å². The lowest BCUT2D eigenvalue weighted by atomic mass is 9.79. The monoisotopic (exact) mass is 276 g/mol. The Kier molecular flexibility index (Phi) is 6.15. The van der Waals surface area contributed by atoms with Gasteiger partial charge in [-0.25, -0.2) is 0 Å². The van der Waals surface area contributed by atoms with Crippen LogP contribution in [0, 0.1) is 10.8 Å². The highest BCUT2D eigenvalue weighted by molar-refractivity contribution is 5.85. The number of nitrogens with two attached hydrogens (primary N) is 1. The van der Waals surface area contributed by atoms with E-state index in [1.807, 2.05) is 4.90 Å². The summed E-state index contributed by atoms with van der Waals surface area (Å²) in [7, 11) is 0.